The van der Waals surface area contributed by atoms with Crippen LogP contribution in [0, 0.1) is 0 Å². The van der Waals surface area contributed by atoms with Gasteiger partial charge in [-0.1, -0.05) is 12.1 Å². The van der Waals surface area contributed by atoms with Gasteiger partial charge in [0, 0.05) is 33.0 Å². The molecule has 1 amide bonds. The van der Waals surface area contributed by atoms with E-state index in [2.05, 4.69) is 0 Å². The highest BCUT2D eigenvalue weighted by Gasteiger charge is 2.20. The molecule has 1 saturated heterocycles. The molecule has 1 aliphatic rings. The molecule has 1 heterocycles. The highest BCUT2D eigenvalue weighted by Crippen LogP contribution is 2.13. The van der Waals surface area contributed by atoms with Crippen LogP contribution in [-0.4, -0.2) is 50.0 Å². The summed E-state index contributed by atoms with van der Waals surface area (Å²) in [6, 6.07) is 7.66. The molecule has 114 valence electrons. The Morgan fingerprint density at radius 3 is 2.48 bits per heavy atom. The molecule has 1 aliphatic heterocycles. The molecule has 0 radical (unpaired) electrons. The molecule has 5 heteroatoms. The van der Waals surface area contributed by atoms with E-state index in [0.717, 1.165) is 6.42 Å². The number of piperidine rings is 1. The number of hydrogen-bond acceptors (Lipinski definition) is 4. The van der Waals surface area contributed by atoms with E-state index >= 15 is 0 Å². The van der Waals surface area contributed by atoms with Crippen molar-refractivity contribution < 1.29 is 19.1 Å². The first-order chi connectivity index (χ1) is 10.2. The van der Waals surface area contributed by atoms with Crippen LogP contribution in [0.5, 0.6) is 5.75 Å². The maximum Gasteiger partial charge on any atom is 0.260 e. The fourth-order valence-corrected chi connectivity index (χ4v) is 2.21. The monoisotopic (exact) mass is 291 g/mol. The Bertz CT molecular complexity index is 474. The Morgan fingerprint density at radius 2 is 1.86 bits per heavy atom. The molecule has 0 atom stereocenters. The SMILES string of the molecule is COCCc1ccc(OCC(=O)N2CCC(=O)CC2)cc1. The molecule has 0 N–H and O–H groups in total. The van der Waals surface area contributed by atoms with Crippen LogP contribution in [0.2, 0.25) is 0 Å². The molecule has 5 nitrogen and oxygen atoms in total. The molecule has 0 spiro atoms. The molecule has 0 aliphatic carbocycles. The Kier molecular flexibility index (Phi) is 5.75. The Labute approximate surface area is 124 Å². The van der Waals surface area contributed by atoms with Gasteiger partial charge in [0.1, 0.15) is 11.5 Å². The zero-order chi connectivity index (χ0) is 15.1. The molecular formula is C16H21NO4. The van der Waals surface area contributed by atoms with Gasteiger partial charge in [0.25, 0.3) is 5.91 Å². The summed E-state index contributed by atoms with van der Waals surface area (Å²) in [6.07, 6.45) is 1.78. The number of ketones is 1. The molecule has 0 unspecified atom stereocenters. The Hall–Kier alpha value is -1.88. The van der Waals surface area contributed by atoms with Gasteiger partial charge >= 0.3 is 0 Å². The van der Waals surface area contributed by atoms with Gasteiger partial charge in [-0.2, -0.15) is 0 Å². The molecule has 0 bridgehead atoms. The summed E-state index contributed by atoms with van der Waals surface area (Å²) in [5.41, 5.74) is 1.17. The van der Waals surface area contributed by atoms with Gasteiger partial charge in [0.05, 0.1) is 6.61 Å². The predicted molar refractivity (Wildman–Crippen MR) is 78.3 cm³/mol. The van der Waals surface area contributed by atoms with E-state index < -0.39 is 0 Å². The van der Waals surface area contributed by atoms with E-state index in [1.54, 1.807) is 12.0 Å². The molecule has 2 rings (SSSR count). The summed E-state index contributed by atoms with van der Waals surface area (Å²) in [4.78, 5) is 24.8. The van der Waals surface area contributed by atoms with Gasteiger partial charge in [-0.3, -0.25) is 9.59 Å². The average molecular weight is 291 g/mol. The van der Waals surface area contributed by atoms with Crippen LogP contribution < -0.4 is 4.74 Å². The van der Waals surface area contributed by atoms with Gasteiger partial charge < -0.3 is 14.4 Å². The lowest BCUT2D eigenvalue weighted by molar-refractivity contribution is -0.136. The Balaban J connectivity index is 1.77. The first-order valence-corrected chi connectivity index (χ1v) is 7.19. The summed E-state index contributed by atoms with van der Waals surface area (Å²) >= 11 is 0. The Morgan fingerprint density at radius 1 is 1.19 bits per heavy atom. The first-order valence-electron chi connectivity index (χ1n) is 7.19. The average Bonchev–Trinajstić information content (AvgIpc) is 2.52. The van der Waals surface area contributed by atoms with Crippen LogP contribution in [0.25, 0.3) is 0 Å². The van der Waals surface area contributed by atoms with E-state index in [4.69, 9.17) is 9.47 Å². The van der Waals surface area contributed by atoms with Crippen molar-refractivity contribution in [1.29, 1.82) is 0 Å². The van der Waals surface area contributed by atoms with Gasteiger partial charge in [-0.05, 0) is 24.1 Å². The third-order valence-corrected chi connectivity index (χ3v) is 3.55. The largest absolute Gasteiger partial charge is 0.484 e. The summed E-state index contributed by atoms with van der Waals surface area (Å²) < 4.78 is 10.5. The minimum atomic E-state index is -0.0639. The smallest absolute Gasteiger partial charge is 0.260 e. The van der Waals surface area contributed by atoms with E-state index in [1.165, 1.54) is 5.56 Å². The third kappa shape index (κ3) is 4.86. The predicted octanol–water partition coefficient (Wildman–Crippen LogP) is 1.45. The number of carbonyl (C=O) groups is 2. The van der Waals surface area contributed by atoms with E-state index in [9.17, 15) is 9.59 Å². The van der Waals surface area contributed by atoms with Crippen molar-refractivity contribution in [3.05, 3.63) is 29.8 Å². The lowest BCUT2D eigenvalue weighted by Gasteiger charge is -2.25. The van der Waals surface area contributed by atoms with Crippen molar-refractivity contribution in [1.82, 2.24) is 4.90 Å². The molecule has 0 aromatic heterocycles. The lowest BCUT2D eigenvalue weighted by Crippen LogP contribution is -2.41. The highest BCUT2D eigenvalue weighted by atomic mass is 16.5. The van der Waals surface area contributed by atoms with Crippen LogP contribution in [0.4, 0.5) is 0 Å². The van der Waals surface area contributed by atoms with E-state index in [0.29, 0.717) is 38.3 Å². The van der Waals surface area contributed by atoms with Crippen molar-refractivity contribution in [3.8, 4) is 5.75 Å². The maximum atomic E-state index is 12.0. The molecule has 1 aromatic carbocycles. The van der Waals surface area contributed by atoms with Crippen molar-refractivity contribution >= 4 is 11.7 Å². The summed E-state index contributed by atoms with van der Waals surface area (Å²) in [6.45, 7) is 1.73. The van der Waals surface area contributed by atoms with Crippen LogP contribution in [0.15, 0.2) is 24.3 Å². The van der Waals surface area contributed by atoms with Crippen molar-refractivity contribution in [2.75, 3.05) is 33.4 Å². The number of ether oxygens (including phenoxy) is 2. The zero-order valence-corrected chi connectivity index (χ0v) is 12.3. The number of amides is 1. The molecule has 21 heavy (non-hydrogen) atoms. The first kappa shape index (κ1) is 15.5. The van der Waals surface area contributed by atoms with Crippen LogP contribution in [-0.2, 0) is 20.7 Å². The van der Waals surface area contributed by atoms with Crippen LogP contribution >= 0.6 is 0 Å². The van der Waals surface area contributed by atoms with Gasteiger partial charge in [-0.25, -0.2) is 0 Å². The quantitative estimate of drug-likeness (QED) is 0.796. The summed E-state index contributed by atoms with van der Waals surface area (Å²) in [5, 5.41) is 0. The van der Waals surface area contributed by atoms with Crippen molar-refractivity contribution in [3.63, 3.8) is 0 Å². The fourth-order valence-electron chi connectivity index (χ4n) is 2.21. The minimum absolute atomic E-state index is 0.0195. The number of benzene rings is 1. The lowest BCUT2D eigenvalue weighted by atomic mass is 10.1. The molecular weight excluding hydrogens is 270 g/mol. The molecule has 1 fully saturated rings. The number of likely N-dealkylation sites (tertiary alicyclic amines) is 1. The van der Waals surface area contributed by atoms with Crippen LogP contribution in [0.3, 0.4) is 0 Å². The maximum absolute atomic E-state index is 12.0. The second-order valence-corrected chi connectivity index (χ2v) is 5.09. The van der Waals surface area contributed by atoms with Gasteiger partial charge in [0.15, 0.2) is 6.61 Å². The molecule has 0 saturated carbocycles. The van der Waals surface area contributed by atoms with Crippen LogP contribution in [0.1, 0.15) is 18.4 Å². The highest BCUT2D eigenvalue weighted by molar-refractivity contribution is 5.83. The zero-order valence-electron chi connectivity index (χ0n) is 12.3. The number of nitrogens with zero attached hydrogens (tertiary/aromatic N) is 1. The van der Waals surface area contributed by atoms with Gasteiger partial charge in [-0.15, -0.1) is 0 Å². The minimum Gasteiger partial charge on any atom is -0.484 e. The molecule has 1 aromatic rings. The van der Waals surface area contributed by atoms with Crippen molar-refractivity contribution in [2.24, 2.45) is 0 Å². The van der Waals surface area contributed by atoms with E-state index in [1.807, 2.05) is 24.3 Å². The number of Topliss-reactive ketones (excluding diaryl/α,β-unsaturated/α-hetero) is 1. The number of carbonyl (C=O) groups excluding carboxylic acids is 2. The standard InChI is InChI=1S/C16H21NO4/c1-20-11-8-13-2-4-15(5-3-13)21-12-16(19)17-9-6-14(18)7-10-17/h2-5H,6-12H2,1H3. The number of rotatable bonds is 6. The third-order valence-electron chi connectivity index (χ3n) is 3.55. The fraction of sp³-hybridized carbons (Fsp3) is 0.500. The van der Waals surface area contributed by atoms with E-state index in [-0.39, 0.29) is 18.3 Å². The normalized spacial score (nSPS) is 15.1. The summed E-state index contributed by atoms with van der Waals surface area (Å²) in [5.74, 6) is 0.843. The van der Waals surface area contributed by atoms with Gasteiger partial charge in [0.2, 0.25) is 0 Å². The number of methoxy groups -OCH3 is 1. The summed E-state index contributed by atoms with van der Waals surface area (Å²) in [7, 11) is 1.68. The second kappa shape index (κ2) is 7.78. The topological polar surface area (TPSA) is 55.8 Å². The van der Waals surface area contributed by atoms with Crippen molar-refractivity contribution in [2.45, 2.75) is 19.3 Å². The second-order valence-electron chi connectivity index (χ2n) is 5.09. The number of hydrogen-bond donors (Lipinski definition) is 0.